The first-order valence-electron chi connectivity index (χ1n) is 7.20. The van der Waals surface area contributed by atoms with Crippen LogP contribution in [0, 0.1) is 16.7 Å². The summed E-state index contributed by atoms with van der Waals surface area (Å²) in [4.78, 5) is 26.4. The van der Waals surface area contributed by atoms with Crippen LogP contribution in [0.15, 0.2) is 0 Å². The second kappa shape index (κ2) is 4.22. The van der Waals surface area contributed by atoms with Gasteiger partial charge in [-0.05, 0) is 16.7 Å². The Hall–Kier alpha value is -1.06. The number of carbonyl (C=O) groups excluding carboxylic acids is 2. The van der Waals surface area contributed by atoms with Crippen LogP contribution in [-0.4, -0.2) is 35.3 Å². The summed E-state index contributed by atoms with van der Waals surface area (Å²) in [6, 6.07) is -0.136. The maximum Gasteiger partial charge on any atom is 0.245 e. The van der Waals surface area contributed by atoms with Crippen molar-refractivity contribution in [3.8, 4) is 0 Å². The minimum absolute atomic E-state index is 0.00851. The number of hydrogen-bond donors (Lipinski definition) is 1. The molecule has 0 aromatic carbocycles. The van der Waals surface area contributed by atoms with Crippen molar-refractivity contribution < 1.29 is 9.59 Å². The summed E-state index contributed by atoms with van der Waals surface area (Å²) in [6.45, 7) is 13.3. The summed E-state index contributed by atoms with van der Waals surface area (Å²) >= 11 is 0. The van der Waals surface area contributed by atoms with Gasteiger partial charge in [-0.15, -0.1) is 0 Å². The van der Waals surface area contributed by atoms with E-state index in [-0.39, 0.29) is 40.6 Å². The largest absolute Gasteiger partial charge is 0.344 e. The summed E-state index contributed by atoms with van der Waals surface area (Å²) in [5.41, 5.74) is 0.245. The van der Waals surface area contributed by atoms with Gasteiger partial charge in [-0.1, -0.05) is 41.5 Å². The summed E-state index contributed by atoms with van der Waals surface area (Å²) in [5, 5.41) is 2.87. The number of nitrogens with one attached hydrogen (secondary N) is 1. The summed E-state index contributed by atoms with van der Waals surface area (Å²) in [7, 11) is 0. The molecule has 0 aromatic rings. The second-order valence-electron chi connectivity index (χ2n) is 7.42. The maximum atomic E-state index is 12.7. The van der Waals surface area contributed by atoms with Crippen LogP contribution >= 0.6 is 0 Å². The molecule has 4 heteroatoms. The Balaban J connectivity index is 2.26. The van der Waals surface area contributed by atoms with E-state index < -0.39 is 0 Å². The molecule has 1 saturated heterocycles. The maximum absolute atomic E-state index is 12.7. The molecule has 2 aliphatic rings. The lowest BCUT2D eigenvalue weighted by molar-refractivity contribution is -0.135. The molecule has 1 unspecified atom stereocenters. The highest BCUT2D eigenvalue weighted by Gasteiger charge is 2.68. The number of carbonyl (C=O) groups is 2. The number of nitrogens with zero attached hydrogens (tertiary/aromatic N) is 1. The van der Waals surface area contributed by atoms with E-state index in [9.17, 15) is 9.59 Å². The molecule has 0 radical (unpaired) electrons. The molecule has 0 bridgehead atoms. The number of hydrogen-bond acceptors (Lipinski definition) is 2. The smallest absolute Gasteiger partial charge is 0.245 e. The number of rotatable bonds is 2. The molecule has 19 heavy (non-hydrogen) atoms. The van der Waals surface area contributed by atoms with E-state index in [2.05, 4.69) is 33.0 Å². The highest BCUT2D eigenvalue weighted by atomic mass is 16.2. The molecular weight excluding hydrogens is 240 g/mol. The minimum atomic E-state index is -0.373. The molecule has 2 rings (SSSR count). The van der Waals surface area contributed by atoms with Crippen LogP contribution < -0.4 is 5.32 Å². The van der Waals surface area contributed by atoms with Crippen molar-refractivity contribution in [3.05, 3.63) is 0 Å². The van der Waals surface area contributed by atoms with Gasteiger partial charge in [0.15, 0.2) is 0 Å². The monoisotopic (exact) mass is 266 g/mol. The van der Waals surface area contributed by atoms with Crippen LogP contribution in [0.25, 0.3) is 0 Å². The van der Waals surface area contributed by atoms with E-state index in [0.29, 0.717) is 13.0 Å². The SMILES string of the molecule is CC(C)C1NC(=O)CCN(C2C(C)(C)C2(C)C)C1=O. The standard InChI is InChI=1S/C15H26N2O2/c1-9(2)11-12(19)17(8-7-10(18)16-11)13-14(3,4)15(13,5)6/h9,11,13H,7-8H2,1-6H3,(H,16,18). The second-order valence-corrected chi connectivity index (χ2v) is 7.42. The molecule has 108 valence electrons. The average Bonchev–Trinajstić information content (AvgIpc) is 2.73. The third-order valence-electron chi connectivity index (χ3n) is 5.37. The van der Waals surface area contributed by atoms with E-state index in [1.54, 1.807) is 0 Å². The van der Waals surface area contributed by atoms with Crippen molar-refractivity contribution in [1.82, 2.24) is 10.2 Å². The van der Waals surface area contributed by atoms with Gasteiger partial charge in [0.1, 0.15) is 6.04 Å². The van der Waals surface area contributed by atoms with Gasteiger partial charge in [0.25, 0.3) is 0 Å². The van der Waals surface area contributed by atoms with Crippen LogP contribution in [0.4, 0.5) is 0 Å². The normalized spacial score (nSPS) is 30.3. The number of amides is 2. The predicted octanol–water partition coefficient (Wildman–Crippen LogP) is 1.79. The van der Waals surface area contributed by atoms with E-state index in [1.807, 2.05) is 18.7 Å². The van der Waals surface area contributed by atoms with Crippen molar-refractivity contribution >= 4 is 11.8 Å². The average molecular weight is 266 g/mol. The molecule has 1 aliphatic heterocycles. The third kappa shape index (κ3) is 2.05. The molecule has 1 N–H and O–H groups in total. The zero-order chi connectivity index (χ0) is 14.6. The Bertz CT molecular complexity index is 398. The van der Waals surface area contributed by atoms with Gasteiger partial charge in [0.05, 0.1) is 0 Å². The molecule has 1 saturated carbocycles. The molecular formula is C15H26N2O2. The van der Waals surface area contributed by atoms with Crippen LogP contribution in [0.1, 0.15) is 48.0 Å². The molecule has 2 fully saturated rings. The zero-order valence-electron chi connectivity index (χ0n) is 12.9. The van der Waals surface area contributed by atoms with Gasteiger partial charge in [-0.25, -0.2) is 0 Å². The Labute approximate surface area is 115 Å². The van der Waals surface area contributed by atoms with Crippen LogP contribution in [-0.2, 0) is 9.59 Å². The molecule has 1 atom stereocenters. The lowest BCUT2D eigenvalue weighted by atomic mass is 10.0. The molecule has 4 nitrogen and oxygen atoms in total. The lowest BCUT2D eigenvalue weighted by Crippen LogP contribution is -2.49. The van der Waals surface area contributed by atoms with Gasteiger partial charge < -0.3 is 10.2 Å². The Morgan fingerprint density at radius 1 is 1.16 bits per heavy atom. The quantitative estimate of drug-likeness (QED) is 0.828. The van der Waals surface area contributed by atoms with E-state index in [0.717, 1.165) is 0 Å². The summed E-state index contributed by atoms with van der Waals surface area (Å²) in [6.07, 6.45) is 0.414. The highest BCUT2D eigenvalue weighted by Crippen LogP contribution is 2.65. The molecule has 1 aliphatic carbocycles. The molecule has 2 amide bonds. The topological polar surface area (TPSA) is 49.4 Å². The van der Waals surface area contributed by atoms with Crippen LogP contribution in [0.3, 0.4) is 0 Å². The highest BCUT2D eigenvalue weighted by molar-refractivity contribution is 5.90. The van der Waals surface area contributed by atoms with Gasteiger partial charge in [-0.3, -0.25) is 9.59 Å². The van der Waals surface area contributed by atoms with Gasteiger partial charge in [-0.2, -0.15) is 0 Å². The molecule has 1 heterocycles. The Morgan fingerprint density at radius 2 is 1.68 bits per heavy atom. The van der Waals surface area contributed by atoms with Crippen LogP contribution in [0.5, 0.6) is 0 Å². The molecule has 0 spiro atoms. The third-order valence-corrected chi connectivity index (χ3v) is 5.37. The predicted molar refractivity (Wildman–Crippen MR) is 74.4 cm³/mol. The summed E-state index contributed by atoms with van der Waals surface area (Å²) in [5.74, 6) is 0.206. The van der Waals surface area contributed by atoms with Gasteiger partial charge >= 0.3 is 0 Å². The first kappa shape index (κ1) is 14.4. The molecule has 0 aromatic heterocycles. The van der Waals surface area contributed by atoms with Gasteiger partial charge in [0, 0.05) is 19.0 Å². The van der Waals surface area contributed by atoms with Crippen molar-refractivity contribution in [1.29, 1.82) is 0 Å². The Kier molecular flexibility index (Phi) is 3.19. The lowest BCUT2D eigenvalue weighted by Gasteiger charge is -2.28. The van der Waals surface area contributed by atoms with Crippen molar-refractivity contribution in [2.75, 3.05) is 6.54 Å². The van der Waals surface area contributed by atoms with Crippen molar-refractivity contribution in [2.24, 2.45) is 16.7 Å². The fraction of sp³-hybridized carbons (Fsp3) is 0.867. The fourth-order valence-electron chi connectivity index (χ4n) is 3.47. The first-order valence-corrected chi connectivity index (χ1v) is 7.20. The van der Waals surface area contributed by atoms with Gasteiger partial charge in [0.2, 0.25) is 11.8 Å². The van der Waals surface area contributed by atoms with Crippen LogP contribution in [0.2, 0.25) is 0 Å². The van der Waals surface area contributed by atoms with E-state index >= 15 is 0 Å². The minimum Gasteiger partial charge on any atom is -0.344 e. The fourth-order valence-corrected chi connectivity index (χ4v) is 3.47. The van der Waals surface area contributed by atoms with E-state index in [1.165, 1.54) is 0 Å². The van der Waals surface area contributed by atoms with Crippen molar-refractivity contribution in [2.45, 2.75) is 60.0 Å². The Morgan fingerprint density at radius 3 is 2.11 bits per heavy atom. The summed E-state index contributed by atoms with van der Waals surface area (Å²) < 4.78 is 0. The van der Waals surface area contributed by atoms with E-state index in [4.69, 9.17) is 0 Å². The zero-order valence-corrected chi connectivity index (χ0v) is 12.9. The van der Waals surface area contributed by atoms with Crippen molar-refractivity contribution in [3.63, 3.8) is 0 Å². The first-order chi connectivity index (χ1) is 8.60.